The van der Waals surface area contributed by atoms with Crippen LogP contribution in [0.4, 0.5) is 0 Å². The molecule has 0 spiro atoms. The third kappa shape index (κ3) is 3.88. The van der Waals surface area contributed by atoms with Crippen molar-refractivity contribution in [1.29, 1.82) is 0 Å². The zero-order valence-electron chi connectivity index (χ0n) is 10.5. The van der Waals surface area contributed by atoms with Gasteiger partial charge in [-0.3, -0.25) is 4.79 Å². The highest BCUT2D eigenvalue weighted by Crippen LogP contribution is 2.18. The Bertz CT molecular complexity index is 414. The highest BCUT2D eigenvalue weighted by Gasteiger charge is 2.40. The van der Waals surface area contributed by atoms with Gasteiger partial charge in [0.05, 0.1) is 0 Å². The van der Waals surface area contributed by atoms with Gasteiger partial charge >= 0.3 is 0 Å². The second-order valence-corrected chi connectivity index (χ2v) is 6.92. The minimum Gasteiger partial charge on any atom is -0.409 e. The van der Waals surface area contributed by atoms with E-state index < -0.39 is 20.5 Å². The predicted molar refractivity (Wildman–Crippen MR) is 64.6 cm³/mol. The topological polar surface area (TPSA) is 113 Å². The van der Waals surface area contributed by atoms with E-state index in [1.54, 1.807) is 0 Å². The molecule has 8 heteroatoms. The molecule has 1 amide bonds. The summed E-state index contributed by atoms with van der Waals surface area (Å²) >= 11 is 0. The average Bonchev–Trinajstić information content (AvgIpc) is 2.22. The fraction of sp³-hybridized carbons (Fsp3) is 0.778. The van der Waals surface area contributed by atoms with Gasteiger partial charge in [0.2, 0.25) is 5.91 Å². The lowest BCUT2D eigenvalue weighted by molar-refractivity contribution is -0.131. The van der Waals surface area contributed by atoms with E-state index in [0.29, 0.717) is 0 Å². The number of amides is 1. The van der Waals surface area contributed by atoms with Crippen LogP contribution < -0.4 is 5.73 Å². The molecule has 0 bridgehead atoms. The van der Waals surface area contributed by atoms with Crippen molar-refractivity contribution in [3.8, 4) is 0 Å². The van der Waals surface area contributed by atoms with E-state index in [1.165, 1.54) is 25.8 Å². The van der Waals surface area contributed by atoms with Crippen LogP contribution in [-0.2, 0) is 14.6 Å². The lowest BCUT2D eigenvalue weighted by atomic mass is 10.1. The summed E-state index contributed by atoms with van der Waals surface area (Å²) in [6, 6.07) is 0. The molecule has 0 rings (SSSR count). The van der Waals surface area contributed by atoms with Crippen molar-refractivity contribution in [2.24, 2.45) is 10.9 Å². The Balaban J connectivity index is 4.73. The molecule has 3 N–H and O–H groups in total. The van der Waals surface area contributed by atoms with Crippen molar-refractivity contribution in [2.45, 2.75) is 25.0 Å². The van der Waals surface area contributed by atoms with E-state index >= 15 is 0 Å². The highest BCUT2D eigenvalue weighted by atomic mass is 32.2. The fourth-order valence-electron chi connectivity index (χ4n) is 1.05. The zero-order valence-corrected chi connectivity index (χ0v) is 11.3. The quantitative estimate of drug-likeness (QED) is 0.298. The lowest BCUT2D eigenvalue weighted by Gasteiger charge is -2.27. The predicted octanol–water partition coefficient (Wildman–Crippen LogP) is -0.595. The SMILES string of the molecule is CN(CCC(N)=NO)C(=O)C(C)(C)S(C)(=O)=O. The van der Waals surface area contributed by atoms with E-state index in [2.05, 4.69) is 5.16 Å². The Morgan fingerprint density at radius 1 is 1.47 bits per heavy atom. The first-order chi connectivity index (χ1) is 7.54. The van der Waals surface area contributed by atoms with Crippen LogP contribution >= 0.6 is 0 Å². The van der Waals surface area contributed by atoms with Crippen LogP contribution in [0.3, 0.4) is 0 Å². The van der Waals surface area contributed by atoms with E-state index in [0.717, 1.165) is 6.26 Å². The van der Waals surface area contributed by atoms with Crippen molar-refractivity contribution < 1.29 is 18.4 Å². The Hall–Kier alpha value is -1.31. The summed E-state index contributed by atoms with van der Waals surface area (Å²) in [5, 5.41) is 11.1. The maximum absolute atomic E-state index is 11.9. The third-order valence-electron chi connectivity index (χ3n) is 2.62. The number of amidine groups is 1. The molecule has 0 fully saturated rings. The molecule has 0 saturated carbocycles. The molecule has 7 nitrogen and oxygen atoms in total. The van der Waals surface area contributed by atoms with Crippen molar-refractivity contribution in [3.63, 3.8) is 0 Å². The van der Waals surface area contributed by atoms with Crippen LogP contribution in [-0.4, -0.2) is 54.9 Å². The summed E-state index contributed by atoms with van der Waals surface area (Å²) in [6.45, 7) is 2.89. The van der Waals surface area contributed by atoms with Crippen molar-refractivity contribution in [1.82, 2.24) is 4.90 Å². The van der Waals surface area contributed by atoms with Crippen molar-refractivity contribution in [3.05, 3.63) is 0 Å². The second-order valence-electron chi connectivity index (χ2n) is 4.35. The standard InChI is InChI=1S/C9H19N3O4S/c1-9(2,17(4,15)16)8(13)12(3)6-5-7(10)11-14/h14H,5-6H2,1-4H3,(H2,10,11). The molecule has 0 aromatic rings. The average molecular weight is 265 g/mol. The Labute approximate surface area is 101 Å². The van der Waals surface area contributed by atoms with Gasteiger partial charge in [-0.25, -0.2) is 8.42 Å². The first kappa shape index (κ1) is 15.7. The number of carbonyl (C=O) groups excluding carboxylic acids is 1. The summed E-state index contributed by atoms with van der Waals surface area (Å²) in [6.07, 6.45) is 1.20. The molecule has 17 heavy (non-hydrogen) atoms. The van der Waals surface area contributed by atoms with Gasteiger partial charge in [-0.15, -0.1) is 0 Å². The molecule has 0 aliphatic heterocycles. The minimum absolute atomic E-state index is 0.0122. The summed E-state index contributed by atoms with van der Waals surface area (Å²) in [7, 11) is -2.02. The number of carbonyl (C=O) groups is 1. The highest BCUT2D eigenvalue weighted by molar-refractivity contribution is 7.92. The van der Waals surface area contributed by atoms with Gasteiger partial charge in [-0.1, -0.05) is 5.16 Å². The van der Waals surface area contributed by atoms with E-state index in [-0.39, 0.29) is 18.8 Å². The molecule has 0 radical (unpaired) electrons. The molecule has 100 valence electrons. The molecule has 0 atom stereocenters. The van der Waals surface area contributed by atoms with Gasteiger partial charge in [-0.2, -0.15) is 0 Å². The molecule has 0 aromatic heterocycles. The smallest absolute Gasteiger partial charge is 0.243 e. The van der Waals surface area contributed by atoms with Crippen LogP contribution in [0.5, 0.6) is 0 Å². The lowest BCUT2D eigenvalue weighted by Crippen LogP contribution is -2.48. The molecule has 0 aliphatic carbocycles. The fourth-order valence-corrected chi connectivity index (χ4v) is 1.53. The minimum atomic E-state index is -3.49. The Kier molecular flexibility index (Phi) is 4.94. The van der Waals surface area contributed by atoms with Crippen LogP contribution in [0.1, 0.15) is 20.3 Å². The number of rotatable bonds is 5. The van der Waals surface area contributed by atoms with Gasteiger partial charge in [0, 0.05) is 26.3 Å². The number of hydrogen-bond donors (Lipinski definition) is 2. The second kappa shape index (κ2) is 5.35. The molecule has 0 aliphatic rings. The number of oxime groups is 1. The first-order valence-corrected chi connectivity index (χ1v) is 6.84. The maximum atomic E-state index is 11.9. The number of hydrogen-bond acceptors (Lipinski definition) is 5. The summed E-state index contributed by atoms with van der Waals surface area (Å²) in [5.74, 6) is -0.535. The number of nitrogens with zero attached hydrogens (tertiary/aromatic N) is 2. The van der Waals surface area contributed by atoms with Gasteiger partial charge in [0.25, 0.3) is 0 Å². The summed E-state index contributed by atoms with van der Waals surface area (Å²) in [4.78, 5) is 13.2. The molecule has 0 unspecified atom stereocenters. The zero-order chi connectivity index (χ0) is 13.9. The number of sulfone groups is 1. The van der Waals surface area contributed by atoms with E-state index in [9.17, 15) is 13.2 Å². The summed E-state index contributed by atoms with van der Waals surface area (Å²) < 4.78 is 21.4. The largest absolute Gasteiger partial charge is 0.409 e. The van der Waals surface area contributed by atoms with Crippen LogP contribution in [0.2, 0.25) is 0 Å². The monoisotopic (exact) mass is 265 g/mol. The van der Waals surface area contributed by atoms with E-state index in [4.69, 9.17) is 10.9 Å². The van der Waals surface area contributed by atoms with Crippen LogP contribution in [0, 0.1) is 0 Å². The third-order valence-corrected chi connectivity index (χ3v) is 4.65. The molecular weight excluding hydrogens is 246 g/mol. The van der Waals surface area contributed by atoms with Gasteiger partial charge < -0.3 is 15.8 Å². The molecule has 0 aromatic carbocycles. The summed E-state index contributed by atoms with van der Waals surface area (Å²) in [5.41, 5.74) is 5.26. The number of nitrogens with two attached hydrogens (primary N) is 1. The molecule has 0 heterocycles. The van der Waals surface area contributed by atoms with E-state index in [1.807, 2.05) is 0 Å². The Morgan fingerprint density at radius 2 is 1.94 bits per heavy atom. The van der Waals surface area contributed by atoms with Gasteiger partial charge in [-0.05, 0) is 13.8 Å². The van der Waals surface area contributed by atoms with Crippen molar-refractivity contribution >= 4 is 21.6 Å². The van der Waals surface area contributed by atoms with Gasteiger partial charge in [0.15, 0.2) is 9.84 Å². The normalized spacial score (nSPS) is 13.5. The van der Waals surface area contributed by atoms with Gasteiger partial charge in [0.1, 0.15) is 10.6 Å². The Morgan fingerprint density at radius 3 is 2.29 bits per heavy atom. The molecular formula is C9H19N3O4S. The van der Waals surface area contributed by atoms with Crippen LogP contribution in [0.15, 0.2) is 5.16 Å². The molecule has 0 saturated heterocycles. The maximum Gasteiger partial charge on any atom is 0.243 e. The van der Waals surface area contributed by atoms with Crippen LogP contribution in [0.25, 0.3) is 0 Å². The van der Waals surface area contributed by atoms with Crippen molar-refractivity contribution in [2.75, 3.05) is 19.8 Å². The first-order valence-electron chi connectivity index (χ1n) is 4.95.